The van der Waals surface area contributed by atoms with Gasteiger partial charge in [-0.05, 0) is 44.5 Å². The van der Waals surface area contributed by atoms with E-state index in [0.29, 0.717) is 11.2 Å². The molecule has 0 aromatic carbocycles. The summed E-state index contributed by atoms with van der Waals surface area (Å²) in [6, 6.07) is 5.11. The molecule has 3 aromatic rings. The molecule has 0 aliphatic rings. The van der Waals surface area contributed by atoms with Crippen molar-refractivity contribution in [1.82, 2.24) is 14.6 Å². The molecule has 0 fully saturated rings. The SMILES string of the molecule is C[C@@H](Nc1c(C(N)=O)cnn2cc(-c3ccncc3)cc12)C(C)(C)F. The van der Waals surface area contributed by atoms with Crippen LogP contribution in [0.2, 0.25) is 0 Å². The number of primary amides is 1. The molecular weight excluding hydrogens is 321 g/mol. The van der Waals surface area contributed by atoms with Crippen LogP contribution in [0.5, 0.6) is 0 Å². The van der Waals surface area contributed by atoms with Gasteiger partial charge in [0.25, 0.3) is 5.91 Å². The highest BCUT2D eigenvalue weighted by molar-refractivity contribution is 6.02. The molecule has 1 amide bonds. The first-order valence-corrected chi connectivity index (χ1v) is 7.94. The van der Waals surface area contributed by atoms with Crippen LogP contribution in [0.25, 0.3) is 16.6 Å². The first kappa shape index (κ1) is 16.9. The van der Waals surface area contributed by atoms with E-state index in [1.165, 1.54) is 20.0 Å². The van der Waals surface area contributed by atoms with Crippen LogP contribution < -0.4 is 11.1 Å². The second kappa shape index (κ2) is 6.16. The van der Waals surface area contributed by atoms with Gasteiger partial charge in [-0.1, -0.05) is 0 Å². The van der Waals surface area contributed by atoms with Crippen LogP contribution in [0.3, 0.4) is 0 Å². The number of alkyl halides is 1. The Morgan fingerprint density at radius 1 is 1.32 bits per heavy atom. The van der Waals surface area contributed by atoms with Crippen molar-refractivity contribution >= 4 is 17.1 Å². The van der Waals surface area contributed by atoms with Crippen LogP contribution in [-0.2, 0) is 0 Å². The van der Waals surface area contributed by atoms with Crippen molar-refractivity contribution in [2.24, 2.45) is 5.73 Å². The van der Waals surface area contributed by atoms with Crippen LogP contribution in [0.4, 0.5) is 10.1 Å². The van der Waals surface area contributed by atoms with E-state index < -0.39 is 17.6 Å². The summed E-state index contributed by atoms with van der Waals surface area (Å²) in [4.78, 5) is 15.8. The first-order chi connectivity index (χ1) is 11.8. The summed E-state index contributed by atoms with van der Waals surface area (Å²) >= 11 is 0. The molecule has 3 heterocycles. The molecule has 0 unspecified atom stereocenters. The molecule has 0 aliphatic heterocycles. The number of hydrogen-bond acceptors (Lipinski definition) is 4. The predicted octanol–water partition coefficient (Wildman–Crippen LogP) is 3.04. The van der Waals surface area contributed by atoms with E-state index in [9.17, 15) is 9.18 Å². The van der Waals surface area contributed by atoms with E-state index in [2.05, 4.69) is 15.4 Å². The van der Waals surface area contributed by atoms with Gasteiger partial charge in [-0.25, -0.2) is 8.91 Å². The lowest BCUT2D eigenvalue weighted by molar-refractivity contribution is 0.1000. The molecule has 6 nitrogen and oxygen atoms in total. The number of anilines is 1. The number of pyridine rings is 1. The Labute approximate surface area is 144 Å². The summed E-state index contributed by atoms with van der Waals surface area (Å²) in [7, 11) is 0. The summed E-state index contributed by atoms with van der Waals surface area (Å²) in [5.74, 6) is -0.618. The fourth-order valence-electron chi connectivity index (χ4n) is 2.49. The highest BCUT2D eigenvalue weighted by Gasteiger charge is 2.27. The van der Waals surface area contributed by atoms with Gasteiger partial charge in [0.2, 0.25) is 0 Å². The molecule has 0 bridgehead atoms. The Bertz CT molecular complexity index is 914. The number of nitrogens with one attached hydrogen (secondary N) is 1. The topological polar surface area (TPSA) is 85.3 Å². The van der Waals surface area contributed by atoms with E-state index in [0.717, 1.165) is 11.1 Å². The van der Waals surface area contributed by atoms with Crippen LogP contribution in [-0.4, -0.2) is 32.2 Å². The quantitative estimate of drug-likeness (QED) is 0.747. The Morgan fingerprint density at radius 2 is 2.00 bits per heavy atom. The zero-order valence-electron chi connectivity index (χ0n) is 14.3. The number of aromatic nitrogens is 3. The van der Waals surface area contributed by atoms with Crippen molar-refractivity contribution in [1.29, 1.82) is 0 Å². The lowest BCUT2D eigenvalue weighted by atomic mass is 10.0. The largest absolute Gasteiger partial charge is 0.377 e. The summed E-state index contributed by atoms with van der Waals surface area (Å²) in [5, 5.41) is 7.34. The third-order valence-electron chi connectivity index (χ3n) is 4.31. The van der Waals surface area contributed by atoms with E-state index in [1.807, 2.05) is 24.4 Å². The van der Waals surface area contributed by atoms with Crippen molar-refractivity contribution in [2.75, 3.05) is 5.32 Å². The average Bonchev–Trinajstić information content (AvgIpc) is 2.99. The van der Waals surface area contributed by atoms with Crippen LogP contribution >= 0.6 is 0 Å². The molecule has 0 saturated heterocycles. The fraction of sp³-hybridized carbons (Fsp3) is 0.278. The van der Waals surface area contributed by atoms with Crippen LogP contribution in [0.1, 0.15) is 31.1 Å². The molecule has 0 saturated carbocycles. The molecule has 3 rings (SSSR count). The second-order valence-corrected chi connectivity index (χ2v) is 6.52. The third kappa shape index (κ3) is 3.31. The van der Waals surface area contributed by atoms with Gasteiger partial charge in [0, 0.05) is 24.2 Å². The van der Waals surface area contributed by atoms with Crippen molar-refractivity contribution in [3.05, 3.63) is 48.5 Å². The lowest BCUT2D eigenvalue weighted by Gasteiger charge is -2.26. The van der Waals surface area contributed by atoms with Gasteiger partial charge in [0.15, 0.2) is 0 Å². The summed E-state index contributed by atoms with van der Waals surface area (Å²) < 4.78 is 15.9. The normalized spacial score (nSPS) is 13.0. The minimum Gasteiger partial charge on any atom is -0.377 e. The van der Waals surface area contributed by atoms with Gasteiger partial charge in [-0.2, -0.15) is 5.10 Å². The maximum atomic E-state index is 14.3. The highest BCUT2D eigenvalue weighted by atomic mass is 19.1. The number of nitrogens with two attached hydrogens (primary N) is 1. The van der Waals surface area contributed by atoms with E-state index >= 15 is 0 Å². The van der Waals surface area contributed by atoms with Crippen LogP contribution in [0, 0.1) is 0 Å². The summed E-state index contributed by atoms with van der Waals surface area (Å²) in [5.41, 5.74) is 7.22. The highest BCUT2D eigenvalue weighted by Crippen LogP contribution is 2.30. The fourth-order valence-corrected chi connectivity index (χ4v) is 2.49. The number of amides is 1. The predicted molar refractivity (Wildman–Crippen MR) is 95.2 cm³/mol. The van der Waals surface area contributed by atoms with Gasteiger partial charge in [-0.15, -0.1) is 0 Å². The maximum absolute atomic E-state index is 14.3. The summed E-state index contributed by atoms with van der Waals surface area (Å²) in [6.45, 7) is 4.68. The van der Waals surface area contributed by atoms with Crippen molar-refractivity contribution in [3.63, 3.8) is 0 Å². The van der Waals surface area contributed by atoms with Gasteiger partial charge in [0.1, 0.15) is 5.67 Å². The second-order valence-electron chi connectivity index (χ2n) is 6.52. The van der Waals surface area contributed by atoms with Crippen LogP contribution in [0.15, 0.2) is 43.0 Å². The standard InChI is InChI=1S/C18H20FN5O/c1-11(18(2,3)19)23-16-14(17(20)25)9-22-24-10-13(8-15(16)24)12-4-6-21-7-5-12/h4-11,23H,1-3H3,(H2,20,25)/t11-/m1/s1. The number of halogens is 1. The maximum Gasteiger partial charge on any atom is 0.252 e. The molecule has 130 valence electrons. The molecule has 0 aliphatic carbocycles. The van der Waals surface area contributed by atoms with Gasteiger partial charge < -0.3 is 11.1 Å². The number of rotatable bonds is 5. The van der Waals surface area contributed by atoms with Crippen molar-refractivity contribution < 1.29 is 9.18 Å². The Kier molecular flexibility index (Phi) is 4.16. The zero-order valence-corrected chi connectivity index (χ0v) is 14.3. The average molecular weight is 341 g/mol. The van der Waals surface area contributed by atoms with Crippen molar-refractivity contribution in [2.45, 2.75) is 32.5 Å². The Morgan fingerprint density at radius 3 is 2.60 bits per heavy atom. The molecule has 7 heteroatoms. The number of nitrogens with zero attached hydrogens (tertiary/aromatic N) is 3. The third-order valence-corrected chi connectivity index (χ3v) is 4.31. The lowest BCUT2D eigenvalue weighted by Crippen LogP contribution is -2.36. The Hall–Kier alpha value is -2.96. The number of fused-ring (bicyclic) bond motifs is 1. The van der Waals surface area contributed by atoms with Gasteiger partial charge in [-0.3, -0.25) is 9.78 Å². The smallest absolute Gasteiger partial charge is 0.252 e. The molecule has 1 atom stereocenters. The molecule has 3 aromatic heterocycles. The monoisotopic (exact) mass is 341 g/mol. The van der Waals surface area contributed by atoms with Crippen molar-refractivity contribution in [3.8, 4) is 11.1 Å². The molecule has 0 radical (unpaired) electrons. The molecular formula is C18H20FN5O. The first-order valence-electron chi connectivity index (χ1n) is 7.94. The molecule has 0 spiro atoms. The Balaban J connectivity index is 2.15. The minimum atomic E-state index is -1.48. The van der Waals surface area contributed by atoms with Gasteiger partial charge in [0.05, 0.1) is 29.0 Å². The molecule has 3 N–H and O–H groups in total. The number of hydrogen-bond donors (Lipinski definition) is 2. The van der Waals surface area contributed by atoms with E-state index in [4.69, 9.17) is 5.73 Å². The zero-order chi connectivity index (χ0) is 18.2. The molecule has 25 heavy (non-hydrogen) atoms. The van der Waals surface area contributed by atoms with E-state index in [-0.39, 0.29) is 5.56 Å². The van der Waals surface area contributed by atoms with E-state index in [1.54, 1.807) is 23.8 Å². The van der Waals surface area contributed by atoms with Gasteiger partial charge >= 0.3 is 0 Å². The number of carbonyl (C=O) groups excluding carboxylic acids is 1. The number of carbonyl (C=O) groups is 1. The minimum absolute atomic E-state index is 0.225. The summed E-state index contributed by atoms with van der Waals surface area (Å²) in [6.07, 6.45) is 6.64.